The molecule has 0 bridgehead atoms. The van der Waals surface area contributed by atoms with Gasteiger partial charge in [0, 0.05) is 6.20 Å². The first-order chi connectivity index (χ1) is 11.7. The highest BCUT2D eigenvalue weighted by Gasteiger charge is 2.17. The number of fused-ring (bicyclic) bond motifs is 1. The number of nitrogens with zero attached hydrogens (tertiary/aromatic N) is 3. The smallest absolute Gasteiger partial charge is 0.313 e. The van der Waals surface area contributed by atoms with E-state index in [-0.39, 0.29) is 25.4 Å². The molecule has 0 aliphatic carbocycles. The van der Waals surface area contributed by atoms with Gasteiger partial charge in [0.05, 0.1) is 24.2 Å². The average Bonchev–Trinajstić information content (AvgIpc) is 2.94. The molecular formula is C18H17N3O3. The maximum Gasteiger partial charge on any atom is 0.313 e. The van der Waals surface area contributed by atoms with Crippen LogP contribution >= 0.6 is 0 Å². The molecule has 2 heterocycles. The minimum absolute atomic E-state index is 0.0469. The van der Waals surface area contributed by atoms with E-state index in [1.807, 2.05) is 42.5 Å². The maximum atomic E-state index is 12.3. The minimum Gasteiger partial charge on any atom is -0.466 e. The molecule has 0 unspecified atom stereocenters. The van der Waals surface area contributed by atoms with E-state index < -0.39 is 5.97 Å². The molecule has 0 aliphatic heterocycles. The quantitative estimate of drug-likeness (QED) is 0.515. The summed E-state index contributed by atoms with van der Waals surface area (Å²) in [4.78, 5) is 32.7. The number of carbonyl (C=O) groups is 2. The Bertz CT molecular complexity index is 872. The standard InChI is InChI=1S/C18H17N3O3/c1-2-24-17(23)11-13(22)12-21-16-9-4-3-7-14(16)20-18(21)15-8-5-6-10-19-15/h3-10H,2,11-12H2,1H3. The Kier molecular flexibility index (Phi) is 4.65. The highest BCUT2D eigenvalue weighted by atomic mass is 16.5. The number of hydrogen-bond acceptors (Lipinski definition) is 5. The predicted molar refractivity (Wildman–Crippen MR) is 89.2 cm³/mol. The minimum atomic E-state index is -0.508. The van der Waals surface area contributed by atoms with Crippen molar-refractivity contribution in [3.05, 3.63) is 48.7 Å². The zero-order valence-electron chi connectivity index (χ0n) is 13.3. The van der Waals surface area contributed by atoms with E-state index in [4.69, 9.17) is 4.74 Å². The maximum absolute atomic E-state index is 12.3. The van der Waals surface area contributed by atoms with Gasteiger partial charge in [-0.2, -0.15) is 0 Å². The van der Waals surface area contributed by atoms with E-state index in [0.29, 0.717) is 11.5 Å². The van der Waals surface area contributed by atoms with Crippen LogP contribution in [0.4, 0.5) is 0 Å². The molecule has 0 saturated heterocycles. The molecule has 0 atom stereocenters. The number of hydrogen-bond donors (Lipinski definition) is 0. The molecule has 0 spiro atoms. The molecule has 0 aliphatic rings. The molecule has 0 N–H and O–H groups in total. The highest BCUT2D eigenvalue weighted by molar-refractivity contribution is 5.96. The lowest BCUT2D eigenvalue weighted by Gasteiger charge is -2.08. The molecule has 0 fully saturated rings. The van der Waals surface area contributed by atoms with Crippen molar-refractivity contribution >= 4 is 22.8 Å². The summed E-state index contributed by atoms with van der Waals surface area (Å²) in [5, 5.41) is 0. The van der Waals surface area contributed by atoms with Crippen molar-refractivity contribution in [3.8, 4) is 11.5 Å². The van der Waals surface area contributed by atoms with Crippen molar-refractivity contribution in [2.75, 3.05) is 6.61 Å². The lowest BCUT2D eigenvalue weighted by molar-refractivity contribution is -0.145. The normalized spacial score (nSPS) is 10.7. The molecule has 0 amide bonds. The summed E-state index contributed by atoms with van der Waals surface area (Å²) in [6.45, 7) is 2.02. The third-order valence-corrected chi connectivity index (χ3v) is 3.53. The zero-order valence-corrected chi connectivity index (χ0v) is 13.3. The number of aromatic nitrogens is 3. The topological polar surface area (TPSA) is 74.1 Å². The van der Waals surface area contributed by atoms with Crippen molar-refractivity contribution < 1.29 is 14.3 Å². The van der Waals surface area contributed by atoms with Gasteiger partial charge < -0.3 is 9.30 Å². The van der Waals surface area contributed by atoms with Gasteiger partial charge in [0.15, 0.2) is 11.6 Å². The molecule has 122 valence electrons. The summed E-state index contributed by atoms with van der Waals surface area (Å²) in [7, 11) is 0. The van der Waals surface area contributed by atoms with Gasteiger partial charge in [0.1, 0.15) is 12.1 Å². The molecule has 6 nitrogen and oxygen atoms in total. The van der Waals surface area contributed by atoms with Crippen molar-refractivity contribution in [2.45, 2.75) is 19.9 Å². The summed E-state index contributed by atoms with van der Waals surface area (Å²) in [5.74, 6) is -0.130. The van der Waals surface area contributed by atoms with Crippen LogP contribution < -0.4 is 0 Å². The van der Waals surface area contributed by atoms with Crippen LogP contribution in [0, 0.1) is 0 Å². The number of ether oxygens (including phenoxy) is 1. The molecule has 24 heavy (non-hydrogen) atoms. The first-order valence-corrected chi connectivity index (χ1v) is 7.73. The number of pyridine rings is 1. The Morgan fingerprint density at radius 1 is 1.12 bits per heavy atom. The van der Waals surface area contributed by atoms with Gasteiger partial charge in [0.25, 0.3) is 0 Å². The first kappa shape index (κ1) is 15.9. The molecule has 3 aromatic rings. The van der Waals surface area contributed by atoms with Gasteiger partial charge in [0.2, 0.25) is 0 Å². The van der Waals surface area contributed by atoms with Crippen LogP contribution in [0.1, 0.15) is 13.3 Å². The number of esters is 1. The lowest BCUT2D eigenvalue weighted by atomic mass is 10.2. The van der Waals surface area contributed by atoms with Crippen LogP contribution in [-0.4, -0.2) is 32.9 Å². The number of Topliss-reactive ketones (excluding diaryl/α,β-unsaturated/α-hetero) is 1. The average molecular weight is 323 g/mol. The monoisotopic (exact) mass is 323 g/mol. The van der Waals surface area contributed by atoms with E-state index in [9.17, 15) is 9.59 Å². The highest BCUT2D eigenvalue weighted by Crippen LogP contribution is 2.23. The summed E-state index contributed by atoms with van der Waals surface area (Å²) in [6.07, 6.45) is 1.43. The third-order valence-electron chi connectivity index (χ3n) is 3.53. The van der Waals surface area contributed by atoms with Crippen LogP contribution in [0.3, 0.4) is 0 Å². The number of benzene rings is 1. The van der Waals surface area contributed by atoms with Gasteiger partial charge in [-0.25, -0.2) is 4.98 Å². The molecule has 2 aromatic heterocycles. The number of rotatable bonds is 6. The van der Waals surface area contributed by atoms with Gasteiger partial charge in [-0.15, -0.1) is 0 Å². The number of para-hydroxylation sites is 2. The number of carbonyl (C=O) groups excluding carboxylic acids is 2. The van der Waals surface area contributed by atoms with Crippen molar-refractivity contribution in [3.63, 3.8) is 0 Å². The van der Waals surface area contributed by atoms with Crippen LogP contribution in [-0.2, 0) is 20.9 Å². The molecule has 1 aromatic carbocycles. The van der Waals surface area contributed by atoms with Gasteiger partial charge in [-0.3, -0.25) is 14.6 Å². The van der Waals surface area contributed by atoms with Crippen LogP contribution in [0.25, 0.3) is 22.6 Å². The predicted octanol–water partition coefficient (Wildman–Crippen LogP) is 2.62. The fraction of sp³-hybridized carbons (Fsp3) is 0.222. The van der Waals surface area contributed by atoms with Crippen molar-refractivity contribution in [2.24, 2.45) is 0 Å². The summed E-state index contributed by atoms with van der Waals surface area (Å²) >= 11 is 0. The van der Waals surface area contributed by atoms with Crippen molar-refractivity contribution in [1.82, 2.24) is 14.5 Å². The zero-order chi connectivity index (χ0) is 16.9. The van der Waals surface area contributed by atoms with Crippen LogP contribution in [0.5, 0.6) is 0 Å². The second-order valence-corrected chi connectivity index (χ2v) is 5.25. The fourth-order valence-electron chi connectivity index (χ4n) is 2.53. The van der Waals surface area contributed by atoms with E-state index in [1.165, 1.54) is 0 Å². The summed E-state index contributed by atoms with van der Waals surface area (Å²) < 4.78 is 6.63. The second-order valence-electron chi connectivity index (χ2n) is 5.25. The summed E-state index contributed by atoms with van der Waals surface area (Å²) in [6, 6.07) is 13.1. The second kappa shape index (κ2) is 7.04. The lowest BCUT2D eigenvalue weighted by Crippen LogP contribution is -2.17. The van der Waals surface area contributed by atoms with Gasteiger partial charge in [-0.1, -0.05) is 18.2 Å². The Morgan fingerprint density at radius 2 is 1.92 bits per heavy atom. The number of ketones is 1. The van der Waals surface area contributed by atoms with Gasteiger partial charge >= 0.3 is 5.97 Å². The first-order valence-electron chi connectivity index (χ1n) is 7.73. The Labute approximate surface area is 139 Å². The van der Waals surface area contributed by atoms with E-state index in [2.05, 4.69) is 9.97 Å². The Morgan fingerprint density at radius 3 is 2.67 bits per heavy atom. The Balaban J connectivity index is 1.96. The molecular weight excluding hydrogens is 306 g/mol. The van der Waals surface area contributed by atoms with E-state index in [0.717, 1.165) is 11.0 Å². The molecule has 0 saturated carbocycles. The van der Waals surface area contributed by atoms with Crippen molar-refractivity contribution in [1.29, 1.82) is 0 Å². The fourth-order valence-corrected chi connectivity index (χ4v) is 2.53. The van der Waals surface area contributed by atoms with Crippen LogP contribution in [0.2, 0.25) is 0 Å². The molecule has 0 radical (unpaired) electrons. The van der Waals surface area contributed by atoms with E-state index in [1.54, 1.807) is 17.7 Å². The summed E-state index contributed by atoms with van der Waals surface area (Å²) in [5.41, 5.74) is 2.29. The molecule has 3 rings (SSSR count). The molecule has 6 heteroatoms. The van der Waals surface area contributed by atoms with Gasteiger partial charge in [-0.05, 0) is 31.2 Å². The largest absolute Gasteiger partial charge is 0.466 e. The Hall–Kier alpha value is -3.02. The third kappa shape index (κ3) is 3.32. The SMILES string of the molecule is CCOC(=O)CC(=O)Cn1c(-c2ccccn2)nc2ccccc21. The van der Waals surface area contributed by atoms with Crippen LogP contribution in [0.15, 0.2) is 48.7 Å². The van der Waals surface area contributed by atoms with E-state index >= 15 is 0 Å². The number of imidazole rings is 1.